The lowest BCUT2D eigenvalue weighted by molar-refractivity contribution is -0.133. The van der Waals surface area contributed by atoms with Crippen molar-refractivity contribution in [1.29, 1.82) is 5.26 Å². The fraction of sp³-hybridized carbons (Fsp3) is 0.0909. The third kappa shape index (κ3) is 2.19. The number of carbonyl (C=O) groups is 1. The van der Waals surface area contributed by atoms with Crippen molar-refractivity contribution in [3.63, 3.8) is 0 Å². The lowest BCUT2D eigenvalue weighted by atomic mass is 10.0. The number of nitriles is 1. The molecule has 0 aliphatic rings. The first-order chi connectivity index (χ1) is 7.52. The van der Waals surface area contributed by atoms with Crippen LogP contribution in [-0.4, -0.2) is 13.1 Å². The highest BCUT2D eigenvalue weighted by Crippen LogP contribution is 2.31. The van der Waals surface area contributed by atoms with E-state index in [9.17, 15) is 4.79 Å². The summed E-state index contributed by atoms with van der Waals surface area (Å²) >= 11 is 11.7. The van der Waals surface area contributed by atoms with Gasteiger partial charge < -0.3 is 4.74 Å². The summed E-state index contributed by atoms with van der Waals surface area (Å²) < 4.78 is 4.51. The predicted molar refractivity (Wildman–Crippen MR) is 62.2 cm³/mol. The van der Waals surface area contributed by atoms with E-state index >= 15 is 0 Å². The summed E-state index contributed by atoms with van der Waals surface area (Å²) in [4.78, 5) is 11.3. The van der Waals surface area contributed by atoms with Crippen LogP contribution in [0, 0.1) is 11.3 Å². The third-order valence-corrected chi connectivity index (χ3v) is 2.67. The first-order valence-electron chi connectivity index (χ1n) is 4.18. The van der Waals surface area contributed by atoms with Gasteiger partial charge in [-0.25, -0.2) is 4.79 Å². The summed E-state index contributed by atoms with van der Waals surface area (Å²) in [6.07, 6.45) is 0. The van der Waals surface area contributed by atoms with Crippen molar-refractivity contribution < 1.29 is 9.53 Å². The van der Waals surface area contributed by atoms with Crippen LogP contribution >= 0.6 is 23.2 Å². The number of ether oxygens (including phenoxy) is 1. The first-order valence-corrected chi connectivity index (χ1v) is 4.94. The van der Waals surface area contributed by atoms with Crippen LogP contribution in [0.25, 0.3) is 5.57 Å². The fourth-order valence-electron chi connectivity index (χ4n) is 1.12. The number of nitrogens with zero attached hydrogens (tertiary/aromatic N) is 1. The molecular weight excluding hydrogens is 249 g/mol. The van der Waals surface area contributed by atoms with Crippen molar-refractivity contribution in [3.8, 4) is 6.07 Å². The molecule has 5 heteroatoms. The minimum Gasteiger partial charge on any atom is -0.465 e. The summed E-state index contributed by atoms with van der Waals surface area (Å²) in [5.41, 5.74) is 0.543. The van der Waals surface area contributed by atoms with Crippen LogP contribution in [0.5, 0.6) is 0 Å². The molecule has 0 N–H and O–H groups in total. The Morgan fingerprint density at radius 2 is 2.12 bits per heavy atom. The zero-order valence-electron chi connectivity index (χ0n) is 8.38. The quantitative estimate of drug-likeness (QED) is 0.603. The smallest absolute Gasteiger partial charge is 0.337 e. The van der Waals surface area contributed by atoms with E-state index in [1.807, 2.05) is 6.07 Å². The maximum Gasteiger partial charge on any atom is 0.337 e. The van der Waals surface area contributed by atoms with Gasteiger partial charge in [-0.15, -0.1) is 0 Å². The molecule has 3 nitrogen and oxygen atoms in total. The molecular formula is C11H7Cl2NO2. The number of hydrogen-bond acceptors (Lipinski definition) is 3. The van der Waals surface area contributed by atoms with Crippen molar-refractivity contribution in [2.75, 3.05) is 7.11 Å². The third-order valence-electron chi connectivity index (χ3n) is 1.96. The van der Waals surface area contributed by atoms with E-state index in [0.29, 0.717) is 5.56 Å². The largest absolute Gasteiger partial charge is 0.465 e. The van der Waals surface area contributed by atoms with Gasteiger partial charge >= 0.3 is 5.97 Å². The minimum atomic E-state index is -0.604. The summed E-state index contributed by atoms with van der Waals surface area (Å²) in [5.74, 6) is -0.604. The van der Waals surface area contributed by atoms with Crippen molar-refractivity contribution >= 4 is 34.7 Å². The Morgan fingerprint density at radius 3 is 2.62 bits per heavy atom. The highest BCUT2D eigenvalue weighted by molar-refractivity contribution is 6.38. The standard InChI is InChI=1S/C11H7Cl2NO2/c1-6(11(15)16-2)7-3-4-9(12)8(5-14)10(7)13/h3-4H,1H2,2H3. The number of carbonyl (C=O) groups excluding carboxylic acids is 1. The van der Waals surface area contributed by atoms with Crippen LogP contribution in [0.3, 0.4) is 0 Å². The molecule has 16 heavy (non-hydrogen) atoms. The Bertz CT molecular complexity index is 503. The van der Waals surface area contributed by atoms with Crippen LogP contribution in [0.15, 0.2) is 18.7 Å². The van der Waals surface area contributed by atoms with E-state index in [4.69, 9.17) is 28.5 Å². The average Bonchev–Trinajstić information content (AvgIpc) is 2.28. The highest BCUT2D eigenvalue weighted by Gasteiger charge is 2.17. The van der Waals surface area contributed by atoms with E-state index in [2.05, 4.69) is 11.3 Å². The van der Waals surface area contributed by atoms with Gasteiger partial charge in [0, 0.05) is 5.56 Å². The van der Waals surface area contributed by atoms with E-state index in [1.54, 1.807) is 0 Å². The minimum absolute atomic E-state index is 0.0840. The van der Waals surface area contributed by atoms with Crippen molar-refractivity contribution in [3.05, 3.63) is 39.9 Å². The number of methoxy groups -OCH3 is 1. The van der Waals surface area contributed by atoms with Crippen LogP contribution in [0.2, 0.25) is 10.0 Å². The van der Waals surface area contributed by atoms with E-state index in [0.717, 1.165) is 0 Å². The molecule has 0 heterocycles. The fourth-order valence-corrected chi connectivity index (χ4v) is 1.69. The molecule has 0 saturated carbocycles. The Labute approximate surface area is 103 Å². The number of hydrogen-bond donors (Lipinski definition) is 0. The Hall–Kier alpha value is -1.50. The predicted octanol–water partition coefficient (Wildman–Crippen LogP) is 3.05. The molecule has 0 radical (unpaired) electrons. The number of benzene rings is 1. The Kier molecular flexibility index (Phi) is 3.94. The van der Waals surface area contributed by atoms with Gasteiger partial charge in [0.2, 0.25) is 0 Å². The Morgan fingerprint density at radius 1 is 1.50 bits per heavy atom. The monoisotopic (exact) mass is 255 g/mol. The zero-order chi connectivity index (χ0) is 12.3. The first kappa shape index (κ1) is 12.6. The summed E-state index contributed by atoms with van der Waals surface area (Å²) in [5, 5.41) is 9.17. The normalized spacial score (nSPS) is 9.38. The molecule has 1 aromatic carbocycles. The molecule has 0 spiro atoms. The molecule has 0 aromatic heterocycles. The van der Waals surface area contributed by atoms with Crippen LogP contribution in [0.4, 0.5) is 0 Å². The maximum atomic E-state index is 11.3. The van der Waals surface area contributed by atoms with Gasteiger partial charge in [0.05, 0.1) is 28.3 Å². The van der Waals surface area contributed by atoms with E-state index in [1.165, 1.54) is 19.2 Å². The van der Waals surface area contributed by atoms with Gasteiger partial charge in [0.1, 0.15) is 6.07 Å². The lowest BCUT2D eigenvalue weighted by Crippen LogP contribution is -2.03. The second kappa shape index (κ2) is 5.02. The van der Waals surface area contributed by atoms with Crippen molar-refractivity contribution in [2.45, 2.75) is 0 Å². The van der Waals surface area contributed by atoms with Gasteiger partial charge in [0.25, 0.3) is 0 Å². The molecule has 0 atom stereocenters. The summed E-state index contributed by atoms with van der Waals surface area (Å²) in [6, 6.07) is 4.86. The van der Waals surface area contributed by atoms with Crippen LogP contribution in [-0.2, 0) is 9.53 Å². The summed E-state index contributed by atoms with van der Waals surface area (Å²) in [6.45, 7) is 3.55. The number of rotatable bonds is 2. The molecule has 0 unspecified atom stereocenters. The Balaban J connectivity index is 3.33. The maximum absolute atomic E-state index is 11.3. The van der Waals surface area contributed by atoms with Gasteiger partial charge in [-0.1, -0.05) is 35.8 Å². The lowest BCUT2D eigenvalue weighted by Gasteiger charge is -2.08. The zero-order valence-corrected chi connectivity index (χ0v) is 9.89. The average molecular weight is 256 g/mol. The van der Waals surface area contributed by atoms with Crippen LogP contribution in [0.1, 0.15) is 11.1 Å². The molecule has 0 aliphatic heterocycles. The van der Waals surface area contributed by atoms with Crippen LogP contribution < -0.4 is 0 Å². The van der Waals surface area contributed by atoms with Crippen molar-refractivity contribution in [2.24, 2.45) is 0 Å². The number of esters is 1. The molecule has 1 rings (SSSR count). The van der Waals surface area contributed by atoms with Crippen molar-refractivity contribution in [1.82, 2.24) is 0 Å². The van der Waals surface area contributed by atoms with Gasteiger partial charge in [-0.2, -0.15) is 5.26 Å². The SMILES string of the molecule is C=C(C(=O)OC)c1ccc(Cl)c(C#N)c1Cl. The molecule has 0 fully saturated rings. The second-order valence-corrected chi connectivity index (χ2v) is 3.65. The summed E-state index contributed by atoms with van der Waals surface area (Å²) in [7, 11) is 1.24. The highest BCUT2D eigenvalue weighted by atomic mass is 35.5. The molecule has 0 aliphatic carbocycles. The van der Waals surface area contributed by atoms with Gasteiger partial charge in [-0.05, 0) is 6.07 Å². The molecule has 0 saturated heterocycles. The molecule has 0 amide bonds. The second-order valence-electron chi connectivity index (χ2n) is 2.87. The van der Waals surface area contributed by atoms with E-state index < -0.39 is 5.97 Å². The van der Waals surface area contributed by atoms with E-state index in [-0.39, 0.29) is 21.2 Å². The molecule has 82 valence electrons. The number of halogens is 2. The van der Waals surface area contributed by atoms with Gasteiger partial charge in [0.15, 0.2) is 0 Å². The molecule has 1 aromatic rings. The van der Waals surface area contributed by atoms with Gasteiger partial charge in [-0.3, -0.25) is 0 Å². The molecule has 0 bridgehead atoms. The topological polar surface area (TPSA) is 50.1 Å².